The van der Waals surface area contributed by atoms with E-state index in [-0.39, 0.29) is 28.8 Å². The summed E-state index contributed by atoms with van der Waals surface area (Å²) in [6.07, 6.45) is 3.27. The van der Waals surface area contributed by atoms with Crippen LogP contribution in [0.1, 0.15) is 44.7 Å². The van der Waals surface area contributed by atoms with Gasteiger partial charge in [0.05, 0.1) is 23.2 Å². The molecule has 0 aliphatic heterocycles. The molecule has 1 saturated carbocycles. The highest BCUT2D eigenvalue weighted by Gasteiger charge is 2.31. The maximum Gasteiger partial charge on any atom is 0.407 e. The minimum absolute atomic E-state index is 0.00864. The standard InChI is InChI=1S/C20H28ClN5O6S2/c1-12(2)22-20(27)32-15-7-5-13(9-15)17-11-19(25-24-17)23-14-6-8-18(16(21)10-14)26(33(3,28)29)34(4,30)31/h6,8,10-13,15H,5,7,9H2,1-4H3,(H,22,27)(H2,23,24,25)/t13-,15+/m0/s1. The van der Waals surface area contributed by atoms with E-state index in [1.54, 1.807) is 0 Å². The van der Waals surface area contributed by atoms with Gasteiger partial charge < -0.3 is 15.4 Å². The molecule has 1 heterocycles. The van der Waals surface area contributed by atoms with Crippen LogP contribution in [-0.4, -0.2) is 57.8 Å². The van der Waals surface area contributed by atoms with Crippen molar-refractivity contribution in [2.75, 3.05) is 21.5 Å². The van der Waals surface area contributed by atoms with Crippen molar-refractivity contribution in [3.8, 4) is 0 Å². The molecular weight excluding hydrogens is 506 g/mol. The van der Waals surface area contributed by atoms with E-state index in [1.807, 2.05) is 19.9 Å². The first-order valence-corrected chi connectivity index (χ1v) is 14.6. The molecule has 0 radical (unpaired) electrons. The lowest BCUT2D eigenvalue weighted by molar-refractivity contribution is 0.0981. The zero-order valence-corrected chi connectivity index (χ0v) is 21.6. The number of hydrogen-bond donors (Lipinski definition) is 3. The highest BCUT2D eigenvalue weighted by Crippen LogP contribution is 2.37. The Bertz CT molecular complexity index is 1230. The number of nitrogens with one attached hydrogen (secondary N) is 3. The van der Waals surface area contributed by atoms with E-state index < -0.39 is 26.1 Å². The summed E-state index contributed by atoms with van der Waals surface area (Å²) in [4.78, 5) is 11.8. The van der Waals surface area contributed by atoms with Crippen LogP contribution < -0.4 is 14.3 Å². The summed E-state index contributed by atoms with van der Waals surface area (Å²) in [5.74, 6) is 0.660. The third-order valence-corrected chi connectivity index (χ3v) is 8.65. The minimum atomic E-state index is -4.11. The molecule has 1 fully saturated rings. The van der Waals surface area contributed by atoms with Gasteiger partial charge in [0.25, 0.3) is 0 Å². The van der Waals surface area contributed by atoms with Gasteiger partial charge in [-0.1, -0.05) is 11.6 Å². The molecule has 1 aliphatic rings. The molecule has 3 N–H and O–H groups in total. The molecular formula is C20H28ClN5O6S2. The highest BCUT2D eigenvalue weighted by atomic mass is 35.5. The molecule has 1 aromatic heterocycles. The number of amides is 1. The van der Waals surface area contributed by atoms with Gasteiger partial charge in [0.15, 0.2) is 5.82 Å². The van der Waals surface area contributed by atoms with Gasteiger partial charge >= 0.3 is 6.09 Å². The number of aromatic nitrogens is 2. The Morgan fingerprint density at radius 3 is 2.44 bits per heavy atom. The fourth-order valence-corrected chi connectivity index (χ4v) is 7.21. The number of carbonyl (C=O) groups excluding carboxylic acids is 1. The molecule has 0 bridgehead atoms. The van der Waals surface area contributed by atoms with Crippen LogP contribution in [0.4, 0.5) is 22.0 Å². The lowest BCUT2D eigenvalue weighted by Crippen LogP contribution is -2.35. The minimum Gasteiger partial charge on any atom is -0.446 e. The second kappa shape index (κ2) is 10.0. The van der Waals surface area contributed by atoms with Crippen LogP contribution >= 0.6 is 11.6 Å². The number of anilines is 3. The first kappa shape index (κ1) is 26.1. The van der Waals surface area contributed by atoms with E-state index in [0.29, 0.717) is 21.6 Å². The van der Waals surface area contributed by atoms with E-state index >= 15 is 0 Å². The molecule has 0 spiro atoms. The Hall–Kier alpha value is -2.51. The number of ether oxygens (including phenoxy) is 1. The van der Waals surface area contributed by atoms with Crippen LogP contribution in [0, 0.1) is 0 Å². The molecule has 188 valence electrons. The van der Waals surface area contributed by atoms with Gasteiger partial charge in [-0.2, -0.15) is 8.81 Å². The zero-order chi connectivity index (χ0) is 25.3. The van der Waals surface area contributed by atoms with Crippen LogP contribution in [0.3, 0.4) is 0 Å². The molecule has 34 heavy (non-hydrogen) atoms. The maximum atomic E-state index is 12.0. The molecule has 2 aromatic rings. The summed E-state index contributed by atoms with van der Waals surface area (Å²) in [7, 11) is -8.21. The number of benzene rings is 1. The Morgan fingerprint density at radius 2 is 1.85 bits per heavy atom. The molecule has 0 saturated heterocycles. The molecule has 1 aliphatic carbocycles. The number of hydrogen-bond acceptors (Lipinski definition) is 8. The monoisotopic (exact) mass is 533 g/mol. The van der Waals surface area contributed by atoms with E-state index in [9.17, 15) is 21.6 Å². The Morgan fingerprint density at radius 1 is 1.18 bits per heavy atom. The fraction of sp³-hybridized carbons (Fsp3) is 0.500. The number of H-pyrrole nitrogens is 1. The Balaban J connectivity index is 1.68. The summed E-state index contributed by atoms with van der Waals surface area (Å²) in [5.41, 5.74) is 1.21. The quantitative estimate of drug-likeness (QED) is 0.467. The smallest absolute Gasteiger partial charge is 0.407 e. The largest absolute Gasteiger partial charge is 0.446 e. The average Bonchev–Trinajstić information content (AvgIpc) is 3.30. The lowest BCUT2D eigenvalue weighted by Gasteiger charge is -2.21. The summed E-state index contributed by atoms with van der Waals surface area (Å²) >= 11 is 6.21. The second-order valence-electron chi connectivity index (χ2n) is 8.56. The van der Waals surface area contributed by atoms with Gasteiger partial charge in [0.2, 0.25) is 20.0 Å². The zero-order valence-electron chi connectivity index (χ0n) is 19.2. The number of aromatic amines is 1. The van der Waals surface area contributed by atoms with Gasteiger partial charge in [0, 0.05) is 29.4 Å². The van der Waals surface area contributed by atoms with Crippen LogP contribution in [0.25, 0.3) is 0 Å². The summed E-state index contributed by atoms with van der Waals surface area (Å²) in [6, 6.07) is 6.07. The number of nitrogens with zero attached hydrogens (tertiary/aromatic N) is 2. The van der Waals surface area contributed by atoms with Gasteiger partial charge in [-0.3, -0.25) is 5.10 Å². The topological polar surface area (TPSA) is 151 Å². The first-order chi connectivity index (χ1) is 15.7. The summed E-state index contributed by atoms with van der Waals surface area (Å²) in [6.45, 7) is 3.73. The molecule has 11 nitrogen and oxygen atoms in total. The molecule has 14 heteroatoms. The van der Waals surface area contributed by atoms with Crippen molar-refractivity contribution >= 4 is 54.9 Å². The number of rotatable bonds is 8. The predicted molar refractivity (Wildman–Crippen MR) is 131 cm³/mol. The predicted octanol–water partition coefficient (Wildman–Crippen LogP) is 3.30. The van der Waals surface area contributed by atoms with Crippen molar-refractivity contribution < 1.29 is 26.4 Å². The highest BCUT2D eigenvalue weighted by molar-refractivity contribution is 8.09. The van der Waals surface area contributed by atoms with Crippen LogP contribution in [0.5, 0.6) is 0 Å². The SMILES string of the molecule is CC(C)NC(=O)O[C@@H]1CC[C@H](c2cc(Nc3ccc(N(S(C)(=O)=O)S(C)(=O)=O)c(Cl)c3)n[nH]2)C1. The van der Waals surface area contributed by atoms with E-state index in [2.05, 4.69) is 20.8 Å². The second-order valence-corrected chi connectivity index (χ2v) is 12.9. The van der Waals surface area contributed by atoms with Crippen molar-refractivity contribution in [2.24, 2.45) is 0 Å². The number of halogens is 1. The van der Waals surface area contributed by atoms with E-state index in [4.69, 9.17) is 16.3 Å². The van der Waals surface area contributed by atoms with E-state index in [1.165, 1.54) is 18.2 Å². The molecule has 3 rings (SSSR count). The van der Waals surface area contributed by atoms with Crippen LogP contribution in [-0.2, 0) is 24.8 Å². The maximum absolute atomic E-state index is 12.0. The van der Waals surface area contributed by atoms with Crippen molar-refractivity contribution in [1.29, 1.82) is 0 Å². The van der Waals surface area contributed by atoms with Crippen molar-refractivity contribution in [3.63, 3.8) is 0 Å². The van der Waals surface area contributed by atoms with Crippen LogP contribution in [0.2, 0.25) is 5.02 Å². The van der Waals surface area contributed by atoms with Crippen molar-refractivity contribution in [3.05, 3.63) is 35.0 Å². The fourth-order valence-electron chi connectivity index (χ4n) is 3.84. The number of alkyl carbamates (subject to hydrolysis) is 1. The van der Waals surface area contributed by atoms with Gasteiger partial charge in [0.1, 0.15) is 6.10 Å². The van der Waals surface area contributed by atoms with E-state index in [0.717, 1.165) is 31.0 Å². The van der Waals surface area contributed by atoms with Crippen LogP contribution in [0.15, 0.2) is 24.3 Å². The molecule has 2 atom stereocenters. The lowest BCUT2D eigenvalue weighted by atomic mass is 10.0. The third-order valence-electron chi connectivity index (χ3n) is 5.12. The normalized spacial score (nSPS) is 18.6. The van der Waals surface area contributed by atoms with Crippen molar-refractivity contribution in [1.82, 2.24) is 15.5 Å². The van der Waals surface area contributed by atoms with Gasteiger partial charge in [-0.15, -0.1) is 0 Å². The van der Waals surface area contributed by atoms with Gasteiger partial charge in [-0.05, 0) is 51.3 Å². The Kier molecular flexibility index (Phi) is 7.68. The first-order valence-electron chi connectivity index (χ1n) is 10.5. The molecule has 0 unspecified atom stereocenters. The summed E-state index contributed by atoms with van der Waals surface area (Å²) < 4.78 is 53.7. The molecule has 1 amide bonds. The average molecular weight is 534 g/mol. The number of sulfonamides is 2. The van der Waals surface area contributed by atoms with Crippen molar-refractivity contribution in [2.45, 2.75) is 51.2 Å². The number of carbonyl (C=O) groups is 1. The van der Waals surface area contributed by atoms with Gasteiger partial charge in [-0.25, -0.2) is 21.6 Å². The summed E-state index contributed by atoms with van der Waals surface area (Å²) in [5, 5.41) is 12.9. The molecule has 1 aromatic carbocycles. The third kappa shape index (κ3) is 6.54. The Labute approximate surface area is 204 Å².